The first-order chi connectivity index (χ1) is 9.10. The van der Waals surface area contributed by atoms with Gasteiger partial charge in [0.25, 0.3) is 0 Å². The molecule has 1 saturated heterocycles. The first-order valence-corrected chi connectivity index (χ1v) is 6.76. The number of esters is 1. The average Bonchev–Trinajstić information content (AvgIpc) is 3.16. The van der Waals surface area contributed by atoms with E-state index in [0.717, 1.165) is 6.42 Å². The monoisotopic (exact) mass is 268 g/mol. The molecule has 2 rings (SSSR count). The van der Waals surface area contributed by atoms with Gasteiger partial charge in [0.1, 0.15) is 6.04 Å². The zero-order valence-electron chi connectivity index (χ0n) is 11.3. The zero-order valence-corrected chi connectivity index (χ0v) is 11.3. The summed E-state index contributed by atoms with van der Waals surface area (Å²) in [7, 11) is 1.34. The van der Waals surface area contributed by atoms with E-state index >= 15 is 0 Å². The molecule has 0 aromatic rings. The first-order valence-electron chi connectivity index (χ1n) is 6.76. The van der Waals surface area contributed by atoms with Crippen LogP contribution in [0, 0.1) is 11.8 Å². The Morgan fingerprint density at radius 3 is 2.58 bits per heavy atom. The van der Waals surface area contributed by atoms with E-state index in [-0.39, 0.29) is 29.6 Å². The van der Waals surface area contributed by atoms with Gasteiger partial charge in [-0.1, -0.05) is 6.92 Å². The maximum absolute atomic E-state index is 11.8. The summed E-state index contributed by atoms with van der Waals surface area (Å²) in [6.07, 6.45) is 2.02. The van der Waals surface area contributed by atoms with E-state index in [9.17, 15) is 14.4 Å². The van der Waals surface area contributed by atoms with Crippen molar-refractivity contribution in [3.05, 3.63) is 0 Å². The predicted octanol–water partition coefficient (Wildman–Crippen LogP) is -0.0774. The van der Waals surface area contributed by atoms with Crippen molar-refractivity contribution in [1.29, 1.82) is 0 Å². The first kappa shape index (κ1) is 14.0. The number of fused-ring (bicyclic) bond motifs is 1. The van der Waals surface area contributed by atoms with Crippen molar-refractivity contribution in [2.45, 2.75) is 32.2 Å². The van der Waals surface area contributed by atoms with Gasteiger partial charge in [-0.05, 0) is 25.8 Å². The molecule has 6 heteroatoms. The highest BCUT2D eigenvalue weighted by Gasteiger charge is 2.58. The Morgan fingerprint density at radius 2 is 2.05 bits per heavy atom. The standard InChI is InChI=1S/C13H20N2O4/c1-3-5-14-10(13(18)19-2)4-6-15-11(16)8-7-9(8)12(15)17/h8-10,14H,3-7H2,1-2H3. The van der Waals surface area contributed by atoms with Crippen LogP contribution >= 0.6 is 0 Å². The van der Waals surface area contributed by atoms with Crippen LogP contribution in [0.4, 0.5) is 0 Å². The summed E-state index contributed by atoms with van der Waals surface area (Å²) in [4.78, 5) is 36.5. The van der Waals surface area contributed by atoms with Crippen LogP contribution in [0.2, 0.25) is 0 Å². The van der Waals surface area contributed by atoms with Gasteiger partial charge < -0.3 is 10.1 Å². The summed E-state index contributed by atoms with van der Waals surface area (Å²) in [6, 6.07) is -0.456. The fraction of sp³-hybridized carbons (Fsp3) is 0.769. The second-order valence-electron chi connectivity index (χ2n) is 5.10. The number of rotatable bonds is 7. The summed E-state index contributed by atoms with van der Waals surface area (Å²) in [5.74, 6) is -0.652. The van der Waals surface area contributed by atoms with E-state index in [1.54, 1.807) is 0 Å². The fourth-order valence-corrected chi connectivity index (χ4v) is 2.49. The number of carbonyl (C=O) groups is 3. The lowest BCUT2D eigenvalue weighted by Gasteiger charge is -2.20. The Morgan fingerprint density at radius 1 is 1.42 bits per heavy atom. The molecule has 1 aliphatic heterocycles. The third kappa shape index (κ3) is 2.78. The molecule has 2 amide bonds. The number of carbonyl (C=O) groups excluding carboxylic acids is 3. The van der Waals surface area contributed by atoms with Gasteiger partial charge in [-0.2, -0.15) is 0 Å². The molecule has 6 nitrogen and oxygen atoms in total. The Kier molecular flexibility index (Phi) is 4.19. The van der Waals surface area contributed by atoms with E-state index in [0.29, 0.717) is 25.9 Å². The minimum Gasteiger partial charge on any atom is -0.468 e. The van der Waals surface area contributed by atoms with Gasteiger partial charge in [-0.3, -0.25) is 19.3 Å². The van der Waals surface area contributed by atoms with E-state index in [1.165, 1.54) is 12.0 Å². The third-order valence-corrected chi connectivity index (χ3v) is 3.72. The third-order valence-electron chi connectivity index (χ3n) is 3.72. The number of likely N-dealkylation sites (tertiary alicyclic amines) is 1. The molecule has 0 aromatic heterocycles. The van der Waals surface area contributed by atoms with Crippen molar-refractivity contribution >= 4 is 17.8 Å². The predicted molar refractivity (Wildman–Crippen MR) is 67.0 cm³/mol. The number of amides is 2. The van der Waals surface area contributed by atoms with Crippen molar-refractivity contribution in [2.24, 2.45) is 11.8 Å². The molecule has 1 saturated carbocycles. The van der Waals surface area contributed by atoms with Gasteiger partial charge in [0.2, 0.25) is 11.8 Å². The number of hydrogen-bond donors (Lipinski definition) is 1. The number of nitrogens with zero attached hydrogens (tertiary/aromatic N) is 1. The van der Waals surface area contributed by atoms with Crippen molar-refractivity contribution in [3.8, 4) is 0 Å². The molecule has 19 heavy (non-hydrogen) atoms. The number of piperidine rings is 1. The molecule has 0 bridgehead atoms. The van der Waals surface area contributed by atoms with Gasteiger partial charge >= 0.3 is 5.97 Å². The van der Waals surface area contributed by atoms with Crippen LogP contribution in [-0.4, -0.2) is 48.9 Å². The Hall–Kier alpha value is -1.43. The second-order valence-corrected chi connectivity index (χ2v) is 5.10. The lowest BCUT2D eigenvalue weighted by molar-refractivity contribution is -0.146. The van der Waals surface area contributed by atoms with Gasteiger partial charge in [0, 0.05) is 6.54 Å². The molecule has 3 atom stereocenters. The molecule has 0 aromatic carbocycles. The van der Waals surface area contributed by atoms with Gasteiger partial charge in [0.15, 0.2) is 0 Å². The Bertz CT molecular complexity index is 376. The van der Waals surface area contributed by atoms with Crippen molar-refractivity contribution in [3.63, 3.8) is 0 Å². The van der Waals surface area contributed by atoms with Crippen LogP contribution < -0.4 is 5.32 Å². The molecule has 0 spiro atoms. The number of imide groups is 1. The quantitative estimate of drug-likeness (QED) is 0.516. The van der Waals surface area contributed by atoms with Crippen LogP contribution in [0.5, 0.6) is 0 Å². The zero-order chi connectivity index (χ0) is 14.0. The molecule has 2 fully saturated rings. The highest BCUT2D eigenvalue weighted by molar-refractivity contribution is 6.08. The minimum absolute atomic E-state index is 0.0749. The van der Waals surface area contributed by atoms with E-state index < -0.39 is 6.04 Å². The van der Waals surface area contributed by atoms with Crippen molar-refractivity contribution in [2.75, 3.05) is 20.2 Å². The highest BCUT2D eigenvalue weighted by atomic mass is 16.5. The van der Waals surface area contributed by atoms with E-state index in [4.69, 9.17) is 4.74 Å². The molecule has 2 aliphatic rings. The summed E-state index contributed by atoms with van der Waals surface area (Å²) in [6.45, 7) is 3.00. The van der Waals surface area contributed by atoms with Gasteiger partial charge in [-0.25, -0.2) is 0 Å². The molecule has 1 aliphatic carbocycles. The summed E-state index contributed by atoms with van der Waals surface area (Å²) >= 11 is 0. The van der Waals surface area contributed by atoms with Crippen LogP contribution in [0.1, 0.15) is 26.2 Å². The Labute approximate surface area is 112 Å². The maximum atomic E-state index is 11.8. The van der Waals surface area contributed by atoms with Crippen LogP contribution in [-0.2, 0) is 19.1 Å². The highest BCUT2D eigenvalue weighted by Crippen LogP contribution is 2.46. The smallest absolute Gasteiger partial charge is 0.322 e. The molecular weight excluding hydrogens is 248 g/mol. The fourth-order valence-electron chi connectivity index (χ4n) is 2.49. The topological polar surface area (TPSA) is 75.7 Å². The Balaban J connectivity index is 1.86. The second kappa shape index (κ2) is 5.69. The van der Waals surface area contributed by atoms with Crippen LogP contribution in [0.3, 0.4) is 0 Å². The maximum Gasteiger partial charge on any atom is 0.322 e. The largest absolute Gasteiger partial charge is 0.468 e. The average molecular weight is 268 g/mol. The van der Waals surface area contributed by atoms with Gasteiger partial charge in [0.05, 0.1) is 18.9 Å². The SMILES string of the molecule is CCCNC(CCN1C(=O)C2CC2C1=O)C(=O)OC. The normalized spacial score (nSPS) is 26.3. The number of hydrogen-bond acceptors (Lipinski definition) is 5. The summed E-state index contributed by atoms with van der Waals surface area (Å²) in [5.41, 5.74) is 0. The molecule has 1 heterocycles. The van der Waals surface area contributed by atoms with Gasteiger partial charge in [-0.15, -0.1) is 0 Å². The number of ether oxygens (including phenoxy) is 1. The lowest BCUT2D eigenvalue weighted by atomic mass is 10.2. The van der Waals surface area contributed by atoms with Crippen LogP contribution in [0.25, 0.3) is 0 Å². The molecule has 1 N–H and O–H groups in total. The summed E-state index contributed by atoms with van der Waals surface area (Å²) < 4.78 is 4.72. The van der Waals surface area contributed by atoms with Crippen molar-refractivity contribution < 1.29 is 19.1 Å². The molecule has 0 radical (unpaired) electrons. The van der Waals surface area contributed by atoms with Crippen molar-refractivity contribution in [1.82, 2.24) is 10.2 Å². The number of nitrogens with one attached hydrogen (secondary N) is 1. The minimum atomic E-state index is -0.456. The van der Waals surface area contributed by atoms with Crippen LogP contribution in [0.15, 0.2) is 0 Å². The lowest BCUT2D eigenvalue weighted by Crippen LogP contribution is -2.42. The molecule has 3 unspecified atom stereocenters. The van der Waals surface area contributed by atoms with E-state index in [2.05, 4.69) is 5.32 Å². The molecule has 106 valence electrons. The van der Waals surface area contributed by atoms with E-state index in [1.807, 2.05) is 6.92 Å². The number of methoxy groups -OCH3 is 1. The molecular formula is C13H20N2O4. The summed E-state index contributed by atoms with van der Waals surface area (Å²) in [5, 5.41) is 3.07.